The SMILES string of the molecule is Cc1ccc(-c2cc(C(=O)NCC(=O)OC(C)(C)C)c3c(C)noc3n2)cc1. The van der Waals surface area contributed by atoms with Crippen LogP contribution in [0, 0.1) is 13.8 Å². The van der Waals surface area contributed by atoms with Gasteiger partial charge in [-0.2, -0.15) is 0 Å². The number of pyridine rings is 1. The van der Waals surface area contributed by atoms with Crippen molar-refractivity contribution in [2.75, 3.05) is 6.54 Å². The standard InChI is InChI=1S/C21H23N3O4/c1-12-6-8-14(9-7-12)16-10-15(18-13(2)24-28-20(18)23-16)19(26)22-11-17(25)27-21(3,4)5/h6-10H,11H2,1-5H3,(H,22,26). The van der Waals surface area contributed by atoms with Gasteiger partial charge < -0.3 is 14.6 Å². The number of rotatable bonds is 4. The van der Waals surface area contributed by atoms with E-state index in [0.717, 1.165) is 11.1 Å². The fraction of sp³-hybridized carbons (Fsp3) is 0.333. The lowest BCUT2D eigenvalue weighted by atomic mass is 10.0. The van der Waals surface area contributed by atoms with Crippen LogP contribution in [0.25, 0.3) is 22.4 Å². The number of esters is 1. The first-order valence-corrected chi connectivity index (χ1v) is 8.98. The summed E-state index contributed by atoms with van der Waals surface area (Å²) in [5.74, 6) is -0.926. The molecule has 0 spiro atoms. The molecule has 0 saturated heterocycles. The smallest absolute Gasteiger partial charge is 0.325 e. The Morgan fingerprint density at radius 1 is 1.14 bits per heavy atom. The minimum absolute atomic E-state index is 0.232. The summed E-state index contributed by atoms with van der Waals surface area (Å²) in [5, 5.41) is 7.06. The molecule has 3 rings (SSSR count). The van der Waals surface area contributed by atoms with Gasteiger partial charge in [0.15, 0.2) is 0 Å². The van der Waals surface area contributed by atoms with Gasteiger partial charge >= 0.3 is 5.97 Å². The van der Waals surface area contributed by atoms with Crippen molar-refractivity contribution < 1.29 is 18.8 Å². The topological polar surface area (TPSA) is 94.3 Å². The van der Waals surface area contributed by atoms with E-state index >= 15 is 0 Å². The average molecular weight is 381 g/mol. The molecule has 3 aromatic rings. The summed E-state index contributed by atoms with van der Waals surface area (Å²) in [5.41, 5.74) is 3.13. The van der Waals surface area contributed by atoms with Crippen LogP contribution in [0.4, 0.5) is 0 Å². The Hall–Kier alpha value is -3.22. The number of carbonyl (C=O) groups excluding carboxylic acids is 2. The lowest BCUT2D eigenvalue weighted by Crippen LogP contribution is -2.34. The maximum absolute atomic E-state index is 12.8. The van der Waals surface area contributed by atoms with Crippen LogP contribution in [0.2, 0.25) is 0 Å². The van der Waals surface area contributed by atoms with Gasteiger partial charge in [-0.15, -0.1) is 0 Å². The Labute approximate surface area is 163 Å². The number of amides is 1. The van der Waals surface area contributed by atoms with Gasteiger partial charge in [0.1, 0.15) is 12.1 Å². The first kappa shape index (κ1) is 19.5. The van der Waals surface area contributed by atoms with Crippen LogP contribution in [-0.4, -0.2) is 34.2 Å². The first-order chi connectivity index (χ1) is 13.1. The van der Waals surface area contributed by atoms with E-state index in [1.165, 1.54) is 0 Å². The molecule has 0 aliphatic carbocycles. The van der Waals surface area contributed by atoms with Crippen LogP contribution in [0.3, 0.4) is 0 Å². The minimum atomic E-state index is -0.616. The number of ether oxygens (including phenoxy) is 1. The molecule has 0 aliphatic rings. The molecule has 7 heteroatoms. The van der Waals surface area contributed by atoms with Crippen LogP contribution in [0.5, 0.6) is 0 Å². The molecule has 146 valence electrons. The van der Waals surface area contributed by atoms with E-state index in [1.807, 2.05) is 31.2 Å². The molecular weight excluding hydrogens is 358 g/mol. The van der Waals surface area contributed by atoms with Gasteiger partial charge in [0.05, 0.1) is 22.3 Å². The molecule has 28 heavy (non-hydrogen) atoms. The third kappa shape index (κ3) is 4.36. The highest BCUT2D eigenvalue weighted by atomic mass is 16.6. The molecule has 0 saturated carbocycles. The zero-order valence-electron chi connectivity index (χ0n) is 16.6. The van der Waals surface area contributed by atoms with Gasteiger partial charge in [-0.1, -0.05) is 35.0 Å². The molecule has 0 bridgehead atoms. The molecular formula is C21H23N3O4. The summed E-state index contributed by atoms with van der Waals surface area (Å²) in [7, 11) is 0. The summed E-state index contributed by atoms with van der Waals surface area (Å²) in [6, 6.07) is 9.47. The third-order valence-electron chi connectivity index (χ3n) is 4.02. The Kier molecular flexibility index (Phi) is 5.18. The number of hydrogen-bond donors (Lipinski definition) is 1. The van der Waals surface area contributed by atoms with Crippen molar-refractivity contribution in [3.8, 4) is 11.3 Å². The Bertz CT molecular complexity index is 1030. The summed E-state index contributed by atoms with van der Waals surface area (Å²) < 4.78 is 10.5. The van der Waals surface area contributed by atoms with Crippen LogP contribution in [0.1, 0.15) is 42.4 Å². The van der Waals surface area contributed by atoms with Crippen molar-refractivity contribution in [2.45, 2.75) is 40.2 Å². The zero-order chi connectivity index (χ0) is 20.5. The van der Waals surface area contributed by atoms with E-state index in [4.69, 9.17) is 9.26 Å². The van der Waals surface area contributed by atoms with Crippen LogP contribution in [0.15, 0.2) is 34.9 Å². The van der Waals surface area contributed by atoms with Gasteiger partial charge in [0.2, 0.25) is 0 Å². The molecule has 7 nitrogen and oxygen atoms in total. The Balaban J connectivity index is 1.92. The second-order valence-electron chi connectivity index (χ2n) is 7.64. The molecule has 1 amide bonds. The van der Waals surface area contributed by atoms with Crippen LogP contribution >= 0.6 is 0 Å². The quantitative estimate of drug-likeness (QED) is 0.694. The molecule has 0 fully saturated rings. The summed E-state index contributed by atoms with van der Waals surface area (Å²) >= 11 is 0. The van der Waals surface area contributed by atoms with Gasteiger partial charge in [0, 0.05) is 5.56 Å². The first-order valence-electron chi connectivity index (χ1n) is 8.98. The largest absolute Gasteiger partial charge is 0.459 e. The van der Waals surface area contributed by atoms with Crippen LogP contribution < -0.4 is 5.32 Å². The number of aromatic nitrogens is 2. The Morgan fingerprint density at radius 3 is 2.46 bits per heavy atom. The van der Waals surface area contributed by atoms with Crippen molar-refractivity contribution in [3.05, 3.63) is 47.2 Å². The molecule has 0 radical (unpaired) electrons. The Morgan fingerprint density at radius 2 is 1.82 bits per heavy atom. The highest BCUT2D eigenvalue weighted by molar-refractivity contribution is 6.07. The zero-order valence-corrected chi connectivity index (χ0v) is 16.6. The second kappa shape index (κ2) is 7.42. The normalized spacial score (nSPS) is 11.5. The van der Waals surface area contributed by atoms with Gasteiger partial charge in [-0.05, 0) is 40.7 Å². The van der Waals surface area contributed by atoms with Crippen LogP contribution in [-0.2, 0) is 9.53 Å². The molecule has 1 aromatic carbocycles. The summed E-state index contributed by atoms with van der Waals surface area (Å²) in [4.78, 5) is 29.2. The van der Waals surface area contributed by atoms with E-state index in [2.05, 4.69) is 15.5 Å². The van der Waals surface area contributed by atoms with Crippen molar-refractivity contribution in [2.24, 2.45) is 0 Å². The highest BCUT2D eigenvalue weighted by Gasteiger charge is 2.21. The highest BCUT2D eigenvalue weighted by Crippen LogP contribution is 2.27. The van der Waals surface area contributed by atoms with Crippen molar-refractivity contribution in [1.29, 1.82) is 0 Å². The van der Waals surface area contributed by atoms with Gasteiger partial charge in [-0.3, -0.25) is 9.59 Å². The predicted molar refractivity (Wildman–Crippen MR) is 105 cm³/mol. The molecule has 0 atom stereocenters. The van der Waals surface area contributed by atoms with E-state index in [-0.39, 0.29) is 12.3 Å². The van der Waals surface area contributed by atoms with E-state index in [1.54, 1.807) is 33.8 Å². The van der Waals surface area contributed by atoms with Gasteiger partial charge in [0.25, 0.3) is 11.6 Å². The average Bonchev–Trinajstić information content (AvgIpc) is 2.99. The fourth-order valence-electron chi connectivity index (χ4n) is 2.77. The van der Waals surface area contributed by atoms with Gasteiger partial charge in [-0.25, -0.2) is 4.98 Å². The van der Waals surface area contributed by atoms with E-state index in [0.29, 0.717) is 22.3 Å². The molecule has 0 aliphatic heterocycles. The lowest BCUT2D eigenvalue weighted by molar-refractivity contribution is -0.153. The van der Waals surface area contributed by atoms with E-state index in [9.17, 15) is 9.59 Å². The van der Waals surface area contributed by atoms with Crippen molar-refractivity contribution >= 4 is 23.0 Å². The molecule has 2 heterocycles. The molecule has 2 aromatic heterocycles. The number of hydrogen-bond acceptors (Lipinski definition) is 6. The fourth-order valence-corrected chi connectivity index (χ4v) is 2.77. The predicted octanol–water partition coefficient (Wildman–Crippen LogP) is 3.58. The number of nitrogens with one attached hydrogen (secondary N) is 1. The summed E-state index contributed by atoms with van der Waals surface area (Å²) in [6.45, 7) is 8.82. The molecule has 0 unspecified atom stereocenters. The number of fused-ring (bicyclic) bond motifs is 1. The second-order valence-corrected chi connectivity index (χ2v) is 7.64. The molecule has 1 N–H and O–H groups in total. The number of carbonyl (C=O) groups is 2. The van der Waals surface area contributed by atoms with Crippen molar-refractivity contribution in [3.63, 3.8) is 0 Å². The lowest BCUT2D eigenvalue weighted by Gasteiger charge is -2.19. The third-order valence-corrected chi connectivity index (χ3v) is 4.02. The van der Waals surface area contributed by atoms with E-state index < -0.39 is 17.5 Å². The number of benzene rings is 1. The number of nitrogens with zero attached hydrogens (tertiary/aromatic N) is 2. The maximum Gasteiger partial charge on any atom is 0.325 e. The maximum atomic E-state index is 12.8. The number of aryl methyl sites for hydroxylation is 2. The monoisotopic (exact) mass is 381 g/mol. The van der Waals surface area contributed by atoms with Crippen molar-refractivity contribution in [1.82, 2.24) is 15.5 Å². The summed E-state index contributed by atoms with van der Waals surface area (Å²) in [6.07, 6.45) is 0. The minimum Gasteiger partial charge on any atom is -0.459 e.